The van der Waals surface area contributed by atoms with Crippen molar-refractivity contribution in [3.05, 3.63) is 63.1 Å². The van der Waals surface area contributed by atoms with Crippen LogP contribution in [-0.2, 0) is 11.2 Å². The highest BCUT2D eigenvalue weighted by atomic mass is 19.1. The average molecular weight is 451 g/mol. The zero-order valence-electron chi connectivity index (χ0n) is 17.4. The van der Waals surface area contributed by atoms with Crippen LogP contribution in [0.3, 0.4) is 0 Å². The van der Waals surface area contributed by atoms with Gasteiger partial charge >= 0.3 is 0 Å². The van der Waals surface area contributed by atoms with E-state index in [2.05, 4.69) is 0 Å². The number of aliphatic hydroxyl groups is 1. The second-order valence-corrected chi connectivity index (χ2v) is 7.23. The fourth-order valence-electron chi connectivity index (χ4n) is 3.46. The third-order valence-corrected chi connectivity index (χ3v) is 5.15. The Morgan fingerprint density at radius 2 is 1.97 bits per heavy atom. The third kappa shape index (κ3) is 4.63. The number of Topliss-reactive ketones (excluding diaryl/α,β-unsaturated/α-hetero) is 1. The van der Waals surface area contributed by atoms with E-state index in [4.69, 9.17) is 4.74 Å². The molecule has 0 bridgehead atoms. The lowest BCUT2D eigenvalue weighted by Gasteiger charge is -2.39. The van der Waals surface area contributed by atoms with E-state index < -0.39 is 34.5 Å². The highest BCUT2D eigenvalue weighted by molar-refractivity contribution is 6.00. The first-order valence-corrected chi connectivity index (χ1v) is 9.88. The molecular weight excluding hydrogens is 428 g/mol. The molecule has 11 heteroatoms. The predicted molar refractivity (Wildman–Crippen MR) is 109 cm³/mol. The molecule has 1 aromatic heterocycles. The van der Waals surface area contributed by atoms with E-state index in [1.165, 1.54) is 27.8 Å². The summed E-state index contributed by atoms with van der Waals surface area (Å²) in [5.41, 5.74) is -1.62. The van der Waals surface area contributed by atoms with Crippen molar-refractivity contribution in [1.29, 1.82) is 0 Å². The van der Waals surface area contributed by atoms with E-state index in [9.17, 15) is 33.4 Å². The molecule has 1 aliphatic heterocycles. The fraction of sp³-hybridized carbons (Fsp3) is 0.381. The van der Waals surface area contributed by atoms with E-state index in [0.717, 1.165) is 12.3 Å². The first-order valence-electron chi connectivity index (χ1n) is 9.88. The molecule has 1 aromatic carbocycles. The number of fused-ring (bicyclic) bond motifs is 1. The SMILES string of the molecule is COCCN1CN(CCO)n2cc(C(=O)CCc3ccc(F)cc3F)c(=O)c(O)c2C1=O. The number of benzene rings is 1. The van der Waals surface area contributed by atoms with Crippen molar-refractivity contribution in [2.45, 2.75) is 12.8 Å². The number of aromatic nitrogens is 1. The smallest absolute Gasteiger partial charge is 0.277 e. The largest absolute Gasteiger partial charge is 0.502 e. The standard InChI is InChI=1S/C21H23F2N3O6/c1-32-9-7-24-12-25(6-8-27)26-11-15(19(29)20(30)18(26)21(24)31)17(28)5-3-13-2-4-14(22)10-16(13)23/h2,4,10-11,27,30H,3,5-9,12H2,1H3. The number of nitrogens with zero attached hydrogens (tertiary/aromatic N) is 3. The first kappa shape index (κ1) is 23.4. The Labute approximate surface area is 182 Å². The van der Waals surface area contributed by atoms with E-state index in [-0.39, 0.29) is 62.6 Å². The number of aromatic hydroxyl groups is 1. The third-order valence-electron chi connectivity index (χ3n) is 5.15. The van der Waals surface area contributed by atoms with Crippen LogP contribution in [-0.4, -0.2) is 71.6 Å². The Balaban J connectivity index is 1.93. The Kier molecular flexibility index (Phi) is 7.21. The van der Waals surface area contributed by atoms with Gasteiger partial charge < -0.3 is 19.8 Å². The molecule has 0 fully saturated rings. The zero-order valence-corrected chi connectivity index (χ0v) is 17.4. The van der Waals surface area contributed by atoms with Crippen molar-refractivity contribution in [1.82, 2.24) is 9.58 Å². The summed E-state index contributed by atoms with van der Waals surface area (Å²) in [6, 6.07) is 2.98. The molecule has 2 N–H and O–H groups in total. The van der Waals surface area contributed by atoms with Crippen molar-refractivity contribution in [3.63, 3.8) is 0 Å². The molecular formula is C21H23F2N3O6. The number of halogens is 2. The minimum Gasteiger partial charge on any atom is -0.502 e. The van der Waals surface area contributed by atoms with Crippen LogP contribution in [0.25, 0.3) is 0 Å². The molecule has 2 heterocycles. The van der Waals surface area contributed by atoms with Crippen molar-refractivity contribution in [2.75, 3.05) is 45.1 Å². The number of aliphatic hydroxyl groups excluding tert-OH is 1. The van der Waals surface area contributed by atoms with Crippen LogP contribution in [0, 0.1) is 11.6 Å². The Morgan fingerprint density at radius 1 is 1.22 bits per heavy atom. The molecule has 1 aliphatic rings. The van der Waals surface area contributed by atoms with Gasteiger partial charge in [-0.2, -0.15) is 0 Å². The lowest BCUT2D eigenvalue weighted by molar-refractivity contribution is 0.0616. The Hall–Kier alpha value is -3.31. The highest BCUT2D eigenvalue weighted by Gasteiger charge is 2.34. The van der Waals surface area contributed by atoms with E-state index >= 15 is 0 Å². The number of methoxy groups -OCH3 is 1. The van der Waals surface area contributed by atoms with Crippen molar-refractivity contribution in [2.24, 2.45) is 0 Å². The Morgan fingerprint density at radius 3 is 2.62 bits per heavy atom. The monoisotopic (exact) mass is 451 g/mol. The normalized spacial score (nSPS) is 13.4. The van der Waals surface area contributed by atoms with Crippen molar-refractivity contribution in [3.8, 4) is 5.75 Å². The summed E-state index contributed by atoms with van der Waals surface area (Å²) in [6.07, 6.45) is 0.781. The van der Waals surface area contributed by atoms with Gasteiger partial charge in [0.15, 0.2) is 17.2 Å². The number of aryl methyl sites for hydroxylation is 1. The number of hydrogen-bond donors (Lipinski definition) is 2. The number of rotatable bonds is 9. The van der Waals surface area contributed by atoms with Gasteiger partial charge in [-0.1, -0.05) is 6.07 Å². The molecule has 0 aliphatic carbocycles. The van der Waals surface area contributed by atoms with Gasteiger partial charge in [0, 0.05) is 32.3 Å². The molecule has 0 saturated heterocycles. The molecule has 0 unspecified atom stereocenters. The summed E-state index contributed by atoms with van der Waals surface area (Å²) in [5.74, 6) is -3.75. The summed E-state index contributed by atoms with van der Waals surface area (Å²) < 4.78 is 33.1. The lowest BCUT2D eigenvalue weighted by atomic mass is 10.0. The van der Waals surface area contributed by atoms with Crippen LogP contribution in [0.4, 0.5) is 8.78 Å². The summed E-state index contributed by atoms with van der Waals surface area (Å²) in [4.78, 5) is 39.5. The van der Waals surface area contributed by atoms with Gasteiger partial charge in [0.1, 0.15) is 18.3 Å². The molecule has 9 nitrogen and oxygen atoms in total. The zero-order chi connectivity index (χ0) is 23.4. The van der Waals surface area contributed by atoms with Gasteiger partial charge in [-0.15, -0.1) is 0 Å². The fourth-order valence-corrected chi connectivity index (χ4v) is 3.46. The maximum absolute atomic E-state index is 13.8. The van der Waals surface area contributed by atoms with Gasteiger partial charge in [0.25, 0.3) is 5.91 Å². The van der Waals surface area contributed by atoms with Gasteiger partial charge in [-0.3, -0.25) is 24.1 Å². The minimum absolute atomic E-state index is 0.0342. The van der Waals surface area contributed by atoms with Gasteiger partial charge in [0.05, 0.1) is 25.3 Å². The number of hydrogen-bond acceptors (Lipinski definition) is 7. The van der Waals surface area contributed by atoms with Crippen LogP contribution in [0.1, 0.15) is 32.8 Å². The molecule has 32 heavy (non-hydrogen) atoms. The van der Waals surface area contributed by atoms with Crippen LogP contribution in [0.5, 0.6) is 5.75 Å². The molecule has 172 valence electrons. The first-order chi connectivity index (χ1) is 15.3. The lowest BCUT2D eigenvalue weighted by Crippen LogP contribution is -2.55. The number of carbonyl (C=O) groups excluding carboxylic acids is 2. The molecule has 1 amide bonds. The molecule has 0 radical (unpaired) electrons. The van der Waals surface area contributed by atoms with Gasteiger partial charge in [-0.05, 0) is 18.1 Å². The van der Waals surface area contributed by atoms with E-state index in [1.807, 2.05) is 0 Å². The quantitative estimate of drug-likeness (QED) is 0.538. The van der Waals surface area contributed by atoms with Gasteiger partial charge in [-0.25, -0.2) is 8.78 Å². The molecule has 0 saturated carbocycles. The minimum atomic E-state index is -1.02. The maximum atomic E-state index is 13.8. The molecule has 3 rings (SSSR count). The second kappa shape index (κ2) is 9.88. The molecule has 0 atom stereocenters. The van der Waals surface area contributed by atoms with Crippen LogP contribution < -0.4 is 10.4 Å². The second-order valence-electron chi connectivity index (χ2n) is 7.23. The summed E-state index contributed by atoms with van der Waals surface area (Å²) in [6.45, 7) is 0.216. The van der Waals surface area contributed by atoms with Gasteiger partial charge in [0.2, 0.25) is 5.43 Å². The number of carbonyl (C=O) groups is 2. The van der Waals surface area contributed by atoms with E-state index in [1.54, 1.807) is 0 Å². The van der Waals surface area contributed by atoms with E-state index in [0.29, 0.717) is 6.07 Å². The number of pyridine rings is 1. The molecule has 0 spiro atoms. The predicted octanol–water partition coefficient (Wildman–Crippen LogP) is 0.638. The number of amides is 1. The van der Waals surface area contributed by atoms with Crippen LogP contribution in [0.2, 0.25) is 0 Å². The number of ether oxygens (including phenoxy) is 1. The van der Waals surface area contributed by atoms with Crippen molar-refractivity contribution < 1.29 is 33.3 Å². The number of ketones is 1. The summed E-state index contributed by atoms with van der Waals surface area (Å²) in [5, 5.41) is 21.4. The Bertz CT molecular complexity index is 1090. The van der Waals surface area contributed by atoms with Crippen LogP contribution >= 0.6 is 0 Å². The summed E-state index contributed by atoms with van der Waals surface area (Å²) >= 11 is 0. The summed E-state index contributed by atoms with van der Waals surface area (Å²) in [7, 11) is 1.46. The number of β-amino-alcohol motifs (C(OH)–C–C–N with tert-alkyl or cyclic N) is 1. The maximum Gasteiger partial charge on any atom is 0.277 e. The molecule has 2 aromatic rings. The van der Waals surface area contributed by atoms with Crippen molar-refractivity contribution >= 4 is 11.7 Å². The van der Waals surface area contributed by atoms with Crippen LogP contribution in [0.15, 0.2) is 29.2 Å². The topological polar surface area (TPSA) is 112 Å². The highest BCUT2D eigenvalue weighted by Crippen LogP contribution is 2.22. The average Bonchev–Trinajstić information content (AvgIpc) is 2.76.